The van der Waals surface area contributed by atoms with Gasteiger partial charge in [0.15, 0.2) is 17.6 Å². The molecule has 1 amide bonds. The van der Waals surface area contributed by atoms with Gasteiger partial charge in [-0.3, -0.25) is 4.79 Å². The summed E-state index contributed by atoms with van der Waals surface area (Å²) in [5.74, 6) is 2.51. The molecule has 0 aromatic heterocycles. The van der Waals surface area contributed by atoms with Crippen LogP contribution in [0.1, 0.15) is 12.5 Å². The average molecular weight is 414 g/mol. The standard InChI is InChI=1S/C19H21Cl2NO3S/c1-13(25-18-6-4-3-5-17(18)24-2)19(23)22-9-10-26-12-14-7-8-15(20)11-16(14)21/h3-8,11,13H,9-10,12H2,1-2H3,(H,22,23)/t13-/m1/s1. The number of thioether (sulfide) groups is 1. The first-order chi connectivity index (χ1) is 12.5. The molecule has 1 atom stereocenters. The van der Waals surface area contributed by atoms with Gasteiger partial charge in [0.2, 0.25) is 0 Å². The molecule has 0 radical (unpaired) electrons. The van der Waals surface area contributed by atoms with Gasteiger partial charge < -0.3 is 14.8 Å². The van der Waals surface area contributed by atoms with E-state index in [0.717, 1.165) is 17.1 Å². The predicted octanol–water partition coefficient (Wildman–Crippen LogP) is 4.82. The summed E-state index contributed by atoms with van der Waals surface area (Å²) in [5, 5.41) is 4.16. The van der Waals surface area contributed by atoms with E-state index in [2.05, 4.69) is 5.32 Å². The van der Waals surface area contributed by atoms with E-state index >= 15 is 0 Å². The largest absolute Gasteiger partial charge is 0.493 e. The fourth-order valence-electron chi connectivity index (χ4n) is 2.17. The lowest BCUT2D eigenvalue weighted by Gasteiger charge is -2.16. The average Bonchev–Trinajstić information content (AvgIpc) is 2.63. The number of benzene rings is 2. The molecule has 0 saturated carbocycles. The third-order valence-electron chi connectivity index (χ3n) is 3.56. The second kappa shape index (κ2) is 10.6. The van der Waals surface area contributed by atoms with Gasteiger partial charge in [-0.15, -0.1) is 0 Å². The van der Waals surface area contributed by atoms with Crippen LogP contribution in [0.4, 0.5) is 0 Å². The summed E-state index contributed by atoms with van der Waals surface area (Å²) in [6, 6.07) is 12.7. The van der Waals surface area contributed by atoms with Crippen molar-refractivity contribution in [1.82, 2.24) is 5.32 Å². The lowest BCUT2D eigenvalue weighted by Crippen LogP contribution is -2.37. The monoisotopic (exact) mass is 413 g/mol. The molecule has 0 aliphatic carbocycles. The third kappa shape index (κ3) is 6.31. The van der Waals surface area contributed by atoms with Gasteiger partial charge >= 0.3 is 0 Å². The van der Waals surface area contributed by atoms with Gasteiger partial charge in [-0.1, -0.05) is 41.4 Å². The summed E-state index contributed by atoms with van der Waals surface area (Å²) in [4.78, 5) is 12.1. The number of rotatable bonds is 9. The quantitative estimate of drug-likeness (QED) is 0.598. The highest BCUT2D eigenvalue weighted by Crippen LogP contribution is 2.27. The van der Waals surface area contributed by atoms with Gasteiger partial charge in [0.05, 0.1) is 7.11 Å². The number of methoxy groups -OCH3 is 1. The maximum atomic E-state index is 12.1. The van der Waals surface area contributed by atoms with Crippen LogP contribution in [-0.4, -0.2) is 31.4 Å². The van der Waals surface area contributed by atoms with Crippen molar-refractivity contribution in [2.45, 2.75) is 18.8 Å². The minimum absolute atomic E-state index is 0.166. The molecule has 0 aliphatic heterocycles. The minimum atomic E-state index is -0.609. The molecule has 2 aromatic carbocycles. The Kier molecular flexibility index (Phi) is 8.42. The molecule has 0 unspecified atom stereocenters. The molecule has 0 heterocycles. The summed E-state index contributed by atoms with van der Waals surface area (Å²) < 4.78 is 10.9. The molecule has 0 spiro atoms. The normalized spacial score (nSPS) is 11.7. The maximum absolute atomic E-state index is 12.1. The number of halogens is 2. The van der Waals surface area contributed by atoms with Crippen LogP contribution in [0.2, 0.25) is 10.0 Å². The van der Waals surface area contributed by atoms with Gasteiger partial charge in [0.25, 0.3) is 5.91 Å². The SMILES string of the molecule is COc1ccccc1O[C@H](C)C(=O)NCCSCc1ccc(Cl)cc1Cl. The number of hydrogen-bond acceptors (Lipinski definition) is 4. The summed E-state index contributed by atoms with van der Waals surface area (Å²) in [7, 11) is 1.57. The van der Waals surface area contributed by atoms with Gasteiger partial charge in [0, 0.05) is 28.1 Å². The topological polar surface area (TPSA) is 47.6 Å². The van der Waals surface area contributed by atoms with Crippen molar-refractivity contribution < 1.29 is 14.3 Å². The van der Waals surface area contributed by atoms with E-state index in [-0.39, 0.29) is 5.91 Å². The summed E-state index contributed by atoms with van der Waals surface area (Å²) >= 11 is 13.7. The van der Waals surface area contributed by atoms with Gasteiger partial charge in [-0.2, -0.15) is 11.8 Å². The molecule has 2 aromatic rings. The zero-order valence-electron chi connectivity index (χ0n) is 14.6. The molecule has 26 heavy (non-hydrogen) atoms. The first-order valence-corrected chi connectivity index (χ1v) is 10.0. The van der Waals surface area contributed by atoms with Crippen molar-refractivity contribution in [2.24, 2.45) is 0 Å². The molecule has 7 heteroatoms. The molecule has 0 saturated heterocycles. The molecular formula is C19H21Cl2NO3S. The van der Waals surface area contributed by atoms with Crippen molar-refractivity contribution >= 4 is 40.9 Å². The van der Waals surface area contributed by atoms with Crippen LogP contribution in [0.3, 0.4) is 0 Å². The fraction of sp³-hybridized carbons (Fsp3) is 0.316. The van der Waals surface area contributed by atoms with E-state index in [9.17, 15) is 4.79 Å². The minimum Gasteiger partial charge on any atom is -0.493 e. The number of amides is 1. The van der Waals surface area contributed by atoms with Crippen molar-refractivity contribution in [1.29, 1.82) is 0 Å². The van der Waals surface area contributed by atoms with Gasteiger partial charge in [-0.25, -0.2) is 0 Å². The molecule has 2 rings (SSSR count). The zero-order valence-corrected chi connectivity index (χ0v) is 17.0. The Morgan fingerprint density at radius 2 is 1.92 bits per heavy atom. The van der Waals surface area contributed by atoms with Crippen molar-refractivity contribution in [3.05, 3.63) is 58.1 Å². The van der Waals surface area contributed by atoms with E-state index in [0.29, 0.717) is 28.1 Å². The zero-order chi connectivity index (χ0) is 18.9. The van der Waals surface area contributed by atoms with Crippen LogP contribution in [0.5, 0.6) is 11.5 Å². The molecule has 0 aliphatic rings. The Hall–Kier alpha value is -1.56. The lowest BCUT2D eigenvalue weighted by atomic mass is 10.2. The van der Waals surface area contributed by atoms with E-state index in [4.69, 9.17) is 32.7 Å². The Labute approximate surface area is 168 Å². The highest BCUT2D eigenvalue weighted by molar-refractivity contribution is 7.98. The van der Waals surface area contributed by atoms with Crippen LogP contribution in [-0.2, 0) is 10.5 Å². The summed E-state index contributed by atoms with van der Waals surface area (Å²) in [6.07, 6.45) is -0.609. The number of hydrogen-bond donors (Lipinski definition) is 1. The van der Waals surface area contributed by atoms with Gasteiger partial charge in [-0.05, 0) is 36.8 Å². The molecule has 4 nitrogen and oxygen atoms in total. The molecule has 1 N–H and O–H groups in total. The van der Waals surface area contributed by atoms with Crippen LogP contribution in [0.15, 0.2) is 42.5 Å². The Morgan fingerprint density at radius 3 is 2.62 bits per heavy atom. The second-order valence-corrected chi connectivity index (χ2v) is 7.44. The maximum Gasteiger partial charge on any atom is 0.260 e. The first-order valence-electron chi connectivity index (χ1n) is 8.10. The predicted molar refractivity (Wildman–Crippen MR) is 109 cm³/mol. The highest BCUT2D eigenvalue weighted by atomic mass is 35.5. The fourth-order valence-corrected chi connectivity index (χ4v) is 3.59. The van der Waals surface area contributed by atoms with E-state index in [1.54, 1.807) is 44.0 Å². The van der Waals surface area contributed by atoms with Crippen LogP contribution >= 0.6 is 35.0 Å². The second-order valence-electron chi connectivity index (χ2n) is 5.49. The van der Waals surface area contributed by atoms with E-state index in [1.165, 1.54) is 0 Å². The first kappa shape index (κ1) is 20.7. The lowest BCUT2D eigenvalue weighted by molar-refractivity contribution is -0.127. The number of para-hydroxylation sites is 2. The van der Waals surface area contributed by atoms with Crippen LogP contribution in [0.25, 0.3) is 0 Å². The van der Waals surface area contributed by atoms with Crippen molar-refractivity contribution in [3.63, 3.8) is 0 Å². The number of carbonyl (C=O) groups is 1. The van der Waals surface area contributed by atoms with Crippen molar-refractivity contribution in [2.75, 3.05) is 19.4 Å². The van der Waals surface area contributed by atoms with Crippen LogP contribution in [0, 0.1) is 0 Å². The molecule has 0 fully saturated rings. The number of nitrogens with one attached hydrogen (secondary N) is 1. The number of ether oxygens (including phenoxy) is 2. The molecule has 140 valence electrons. The Bertz CT molecular complexity index is 742. The van der Waals surface area contributed by atoms with Gasteiger partial charge in [0.1, 0.15) is 0 Å². The summed E-state index contributed by atoms with van der Waals surface area (Å²) in [5.41, 5.74) is 1.03. The third-order valence-corrected chi connectivity index (χ3v) is 5.16. The van der Waals surface area contributed by atoms with E-state index < -0.39 is 6.10 Å². The number of carbonyl (C=O) groups excluding carboxylic acids is 1. The Balaban J connectivity index is 1.71. The highest BCUT2D eigenvalue weighted by Gasteiger charge is 2.16. The molecule has 0 bridgehead atoms. The smallest absolute Gasteiger partial charge is 0.260 e. The van der Waals surface area contributed by atoms with Crippen molar-refractivity contribution in [3.8, 4) is 11.5 Å². The Morgan fingerprint density at radius 1 is 1.19 bits per heavy atom. The molecular weight excluding hydrogens is 393 g/mol. The van der Waals surface area contributed by atoms with E-state index in [1.807, 2.05) is 24.3 Å². The summed E-state index contributed by atoms with van der Waals surface area (Å²) in [6.45, 7) is 2.26. The van der Waals surface area contributed by atoms with Crippen LogP contribution < -0.4 is 14.8 Å².